The third-order valence-corrected chi connectivity index (χ3v) is 4.32. The van der Waals surface area contributed by atoms with Crippen molar-refractivity contribution in [1.82, 2.24) is 5.32 Å². The van der Waals surface area contributed by atoms with Gasteiger partial charge in [0.2, 0.25) is 11.8 Å². The minimum atomic E-state index is -0.149. The average molecular weight is 287 g/mol. The van der Waals surface area contributed by atoms with Crippen LogP contribution in [0.25, 0.3) is 0 Å². The molecule has 2 rings (SSSR count). The van der Waals surface area contributed by atoms with Crippen LogP contribution in [-0.4, -0.2) is 11.8 Å². The third-order valence-electron chi connectivity index (χ3n) is 4.32. The molecular weight excluding hydrogens is 262 g/mol. The topological polar surface area (TPSA) is 46.2 Å². The zero-order chi connectivity index (χ0) is 15.7. The number of amides is 2. The number of hydrogen-bond donors (Lipinski definition) is 1. The van der Waals surface area contributed by atoms with Crippen molar-refractivity contribution in [2.24, 2.45) is 11.8 Å². The third kappa shape index (κ3) is 3.34. The molecule has 1 aromatic rings. The Morgan fingerprint density at radius 2 is 1.71 bits per heavy atom. The van der Waals surface area contributed by atoms with Crippen LogP contribution in [0.3, 0.4) is 0 Å². The van der Waals surface area contributed by atoms with E-state index in [2.05, 4.69) is 52.1 Å². The van der Waals surface area contributed by atoms with Crippen LogP contribution in [0.15, 0.2) is 12.1 Å². The molecule has 0 aliphatic carbocycles. The van der Waals surface area contributed by atoms with Gasteiger partial charge in [-0.15, -0.1) is 0 Å². The van der Waals surface area contributed by atoms with Gasteiger partial charge >= 0.3 is 0 Å². The summed E-state index contributed by atoms with van der Waals surface area (Å²) in [5, 5.41) is 2.51. The van der Waals surface area contributed by atoms with E-state index in [-0.39, 0.29) is 23.7 Å². The molecule has 1 aliphatic rings. The molecule has 1 saturated heterocycles. The average Bonchev–Trinajstić information content (AvgIpc) is 2.31. The molecule has 0 saturated carbocycles. The van der Waals surface area contributed by atoms with E-state index < -0.39 is 0 Å². The zero-order valence-electron chi connectivity index (χ0n) is 13.6. The van der Waals surface area contributed by atoms with Crippen LogP contribution < -0.4 is 5.32 Å². The van der Waals surface area contributed by atoms with E-state index in [4.69, 9.17) is 0 Å². The quantitative estimate of drug-likeness (QED) is 0.866. The van der Waals surface area contributed by atoms with Crippen molar-refractivity contribution in [1.29, 1.82) is 0 Å². The number of imide groups is 1. The van der Waals surface area contributed by atoms with Gasteiger partial charge in [-0.3, -0.25) is 14.9 Å². The van der Waals surface area contributed by atoms with Crippen LogP contribution in [0.1, 0.15) is 54.9 Å². The second kappa shape index (κ2) is 6.00. The lowest BCUT2D eigenvalue weighted by molar-refractivity contribution is -0.137. The maximum atomic E-state index is 12.3. The van der Waals surface area contributed by atoms with Crippen molar-refractivity contribution in [2.45, 2.75) is 53.4 Å². The van der Waals surface area contributed by atoms with Gasteiger partial charge in [-0.05, 0) is 49.8 Å². The number of benzene rings is 1. The molecule has 3 heteroatoms. The summed E-state index contributed by atoms with van der Waals surface area (Å²) in [5.74, 6) is 0.0771. The highest BCUT2D eigenvalue weighted by Crippen LogP contribution is 2.38. The fraction of sp³-hybridized carbons (Fsp3) is 0.556. The first-order chi connectivity index (χ1) is 9.79. The molecule has 2 unspecified atom stereocenters. The summed E-state index contributed by atoms with van der Waals surface area (Å²) in [6, 6.07) is 4.29. The summed E-state index contributed by atoms with van der Waals surface area (Å²) in [6.45, 7) is 10.5. The van der Waals surface area contributed by atoms with Gasteiger partial charge in [0.05, 0.1) is 0 Å². The lowest BCUT2D eigenvalue weighted by atomic mass is 9.74. The lowest BCUT2D eigenvalue weighted by Crippen LogP contribution is -2.45. The van der Waals surface area contributed by atoms with E-state index in [1.54, 1.807) is 0 Å². The number of aryl methyl sites for hydroxylation is 3. The summed E-state index contributed by atoms with van der Waals surface area (Å²) in [5.41, 5.74) is 4.79. The second-order valence-electron chi connectivity index (χ2n) is 6.77. The Kier molecular flexibility index (Phi) is 4.50. The van der Waals surface area contributed by atoms with Gasteiger partial charge in [-0.2, -0.15) is 0 Å². The molecule has 3 nitrogen and oxygen atoms in total. The molecule has 21 heavy (non-hydrogen) atoms. The Morgan fingerprint density at radius 3 is 2.24 bits per heavy atom. The van der Waals surface area contributed by atoms with E-state index in [0.29, 0.717) is 12.3 Å². The van der Waals surface area contributed by atoms with Crippen molar-refractivity contribution in [3.63, 3.8) is 0 Å². The molecular formula is C18H25NO2. The molecule has 1 N–H and O–H groups in total. The fourth-order valence-corrected chi connectivity index (χ4v) is 3.66. The van der Waals surface area contributed by atoms with Gasteiger partial charge in [0.25, 0.3) is 0 Å². The summed E-state index contributed by atoms with van der Waals surface area (Å²) >= 11 is 0. The SMILES string of the molecule is Cc1cc(C)c(C2CC(=O)NC(=O)C2CC(C)C)c(C)c1. The van der Waals surface area contributed by atoms with Crippen LogP contribution in [0.5, 0.6) is 0 Å². The summed E-state index contributed by atoms with van der Waals surface area (Å²) < 4.78 is 0. The molecule has 1 aromatic carbocycles. The molecule has 0 aromatic heterocycles. The molecule has 0 bridgehead atoms. The van der Waals surface area contributed by atoms with E-state index in [1.807, 2.05) is 0 Å². The monoisotopic (exact) mass is 287 g/mol. The Morgan fingerprint density at radius 1 is 1.14 bits per heavy atom. The molecule has 0 spiro atoms. The van der Waals surface area contributed by atoms with Gasteiger partial charge in [0.15, 0.2) is 0 Å². The van der Waals surface area contributed by atoms with Crippen LogP contribution >= 0.6 is 0 Å². The number of rotatable bonds is 3. The standard InChI is InChI=1S/C18H25NO2/c1-10(2)6-15-14(9-16(20)19-18(15)21)17-12(4)7-11(3)8-13(17)5/h7-8,10,14-15H,6,9H2,1-5H3,(H,19,20,21). The molecule has 2 amide bonds. The smallest absolute Gasteiger partial charge is 0.230 e. The Balaban J connectivity index is 2.46. The first-order valence-corrected chi connectivity index (χ1v) is 7.71. The fourth-order valence-electron chi connectivity index (χ4n) is 3.66. The molecule has 1 fully saturated rings. The Bertz CT molecular complexity index is 552. The Labute approximate surface area is 127 Å². The van der Waals surface area contributed by atoms with Crippen molar-refractivity contribution in [3.05, 3.63) is 34.4 Å². The van der Waals surface area contributed by atoms with Crippen molar-refractivity contribution >= 4 is 11.8 Å². The maximum Gasteiger partial charge on any atom is 0.230 e. The minimum absolute atomic E-state index is 0.00856. The summed E-state index contributed by atoms with van der Waals surface area (Å²) in [7, 11) is 0. The minimum Gasteiger partial charge on any atom is -0.296 e. The highest BCUT2D eigenvalue weighted by molar-refractivity contribution is 6.00. The van der Waals surface area contributed by atoms with Crippen LogP contribution in [0.4, 0.5) is 0 Å². The first-order valence-electron chi connectivity index (χ1n) is 7.71. The van der Waals surface area contributed by atoms with Crippen LogP contribution in [0, 0.1) is 32.6 Å². The van der Waals surface area contributed by atoms with Gasteiger partial charge in [0.1, 0.15) is 0 Å². The highest BCUT2D eigenvalue weighted by atomic mass is 16.2. The van der Waals surface area contributed by atoms with Gasteiger partial charge in [-0.1, -0.05) is 31.5 Å². The zero-order valence-corrected chi connectivity index (χ0v) is 13.6. The van der Waals surface area contributed by atoms with E-state index in [0.717, 1.165) is 6.42 Å². The van der Waals surface area contributed by atoms with E-state index in [1.165, 1.54) is 22.3 Å². The van der Waals surface area contributed by atoms with Gasteiger partial charge < -0.3 is 0 Å². The van der Waals surface area contributed by atoms with Crippen molar-refractivity contribution in [2.75, 3.05) is 0 Å². The van der Waals surface area contributed by atoms with Crippen LogP contribution in [-0.2, 0) is 9.59 Å². The van der Waals surface area contributed by atoms with Crippen molar-refractivity contribution < 1.29 is 9.59 Å². The molecule has 114 valence electrons. The summed E-state index contributed by atoms with van der Waals surface area (Å²) in [6.07, 6.45) is 1.23. The lowest BCUT2D eigenvalue weighted by Gasteiger charge is -2.33. The van der Waals surface area contributed by atoms with E-state index in [9.17, 15) is 9.59 Å². The molecule has 1 heterocycles. The molecule has 1 aliphatic heterocycles. The van der Waals surface area contributed by atoms with E-state index >= 15 is 0 Å². The number of nitrogens with one attached hydrogen (secondary N) is 1. The number of piperidine rings is 1. The largest absolute Gasteiger partial charge is 0.296 e. The predicted molar refractivity (Wildman–Crippen MR) is 84.1 cm³/mol. The normalized spacial score (nSPS) is 22.6. The van der Waals surface area contributed by atoms with Gasteiger partial charge in [-0.25, -0.2) is 0 Å². The second-order valence-corrected chi connectivity index (χ2v) is 6.77. The first kappa shape index (κ1) is 15.7. The van der Waals surface area contributed by atoms with Crippen LogP contribution in [0.2, 0.25) is 0 Å². The molecule has 0 radical (unpaired) electrons. The van der Waals surface area contributed by atoms with Crippen molar-refractivity contribution in [3.8, 4) is 0 Å². The van der Waals surface area contributed by atoms with Gasteiger partial charge in [0, 0.05) is 18.3 Å². The predicted octanol–water partition coefficient (Wildman–Crippen LogP) is 3.40. The number of carbonyl (C=O) groups excluding carboxylic acids is 2. The molecule has 2 atom stereocenters. The highest BCUT2D eigenvalue weighted by Gasteiger charge is 2.38. The number of carbonyl (C=O) groups is 2. The summed E-state index contributed by atoms with van der Waals surface area (Å²) in [4.78, 5) is 24.1. The number of hydrogen-bond acceptors (Lipinski definition) is 2. The maximum absolute atomic E-state index is 12.3. The Hall–Kier alpha value is -1.64.